The molecule has 134 valence electrons. The van der Waals surface area contributed by atoms with Crippen LogP contribution in [-0.4, -0.2) is 25.2 Å². The molecule has 6 nitrogen and oxygen atoms in total. The van der Waals surface area contributed by atoms with Gasteiger partial charge in [0, 0.05) is 29.4 Å². The van der Waals surface area contributed by atoms with Gasteiger partial charge in [0.15, 0.2) is 0 Å². The Labute approximate surface area is 155 Å². The summed E-state index contributed by atoms with van der Waals surface area (Å²) in [6.45, 7) is 4.00. The number of amides is 1. The van der Waals surface area contributed by atoms with Crippen LogP contribution < -0.4 is 10.6 Å². The number of hydrogen-bond acceptors (Lipinski definition) is 6. The minimum absolute atomic E-state index is 0.258. The summed E-state index contributed by atoms with van der Waals surface area (Å²) >= 11 is 1.14. The number of allylic oxidation sites excluding steroid dienone is 1. The fourth-order valence-corrected chi connectivity index (χ4v) is 3.13. The van der Waals surface area contributed by atoms with Gasteiger partial charge in [-0.05, 0) is 17.7 Å². The van der Waals surface area contributed by atoms with Crippen molar-refractivity contribution in [2.75, 3.05) is 12.4 Å². The van der Waals surface area contributed by atoms with Crippen molar-refractivity contribution in [1.29, 1.82) is 5.41 Å². The summed E-state index contributed by atoms with van der Waals surface area (Å²) in [4.78, 5) is 24.4. The third-order valence-electron chi connectivity index (χ3n) is 3.39. The fourth-order valence-electron chi connectivity index (χ4n) is 2.11. The average Bonchev–Trinajstić information content (AvgIpc) is 3.08. The molecule has 0 aliphatic rings. The van der Waals surface area contributed by atoms with Crippen molar-refractivity contribution in [2.24, 2.45) is 0 Å². The number of carbonyl (C=O) groups is 2. The van der Waals surface area contributed by atoms with Gasteiger partial charge in [-0.1, -0.05) is 36.9 Å². The summed E-state index contributed by atoms with van der Waals surface area (Å²) in [6.07, 6.45) is 4.00. The van der Waals surface area contributed by atoms with E-state index in [-0.39, 0.29) is 4.88 Å². The zero-order valence-corrected chi connectivity index (χ0v) is 15.1. The first kappa shape index (κ1) is 19.1. The number of nitrogens with one attached hydrogen (secondary N) is 3. The predicted molar refractivity (Wildman–Crippen MR) is 105 cm³/mol. The normalized spacial score (nSPS) is 10.7. The Morgan fingerprint density at radius 1 is 1.31 bits per heavy atom. The fraction of sp³-hybridized carbons (Fsp3) is 0.105. The largest absolute Gasteiger partial charge is 0.465 e. The van der Waals surface area contributed by atoms with E-state index in [4.69, 9.17) is 10.1 Å². The molecular formula is C19H19N3O3S. The van der Waals surface area contributed by atoms with E-state index in [9.17, 15) is 9.59 Å². The molecule has 0 atom stereocenters. The van der Waals surface area contributed by atoms with Crippen molar-refractivity contribution in [2.45, 2.75) is 6.54 Å². The Balaban J connectivity index is 2.24. The van der Waals surface area contributed by atoms with Gasteiger partial charge in [-0.2, -0.15) is 0 Å². The number of carbonyl (C=O) groups excluding carboxylic acids is 2. The second-order valence-corrected chi connectivity index (χ2v) is 6.20. The second kappa shape index (κ2) is 9.33. The lowest BCUT2D eigenvalue weighted by molar-refractivity contribution is -0.111. The van der Waals surface area contributed by atoms with Crippen molar-refractivity contribution >= 4 is 40.7 Å². The van der Waals surface area contributed by atoms with Crippen LogP contribution >= 0.6 is 11.3 Å². The Morgan fingerprint density at radius 3 is 2.65 bits per heavy atom. The SMILES string of the molecule is C=CC(=O)Nc1cc(/C(C=N)=C/NCc2ccccc2)sc1C(=O)OC. The summed E-state index contributed by atoms with van der Waals surface area (Å²) in [5.74, 6) is -0.982. The van der Waals surface area contributed by atoms with Crippen LogP contribution in [0.15, 0.2) is 55.3 Å². The summed E-state index contributed by atoms with van der Waals surface area (Å²) in [5, 5.41) is 13.4. The first-order valence-electron chi connectivity index (χ1n) is 7.73. The van der Waals surface area contributed by atoms with Crippen LogP contribution in [0.3, 0.4) is 0 Å². The van der Waals surface area contributed by atoms with E-state index < -0.39 is 11.9 Å². The van der Waals surface area contributed by atoms with Crippen molar-refractivity contribution in [3.05, 3.63) is 70.6 Å². The Bertz CT molecular complexity index is 841. The molecule has 0 bridgehead atoms. The third kappa shape index (κ3) is 4.90. The molecule has 2 aromatic rings. The lowest BCUT2D eigenvalue weighted by Crippen LogP contribution is -2.10. The highest BCUT2D eigenvalue weighted by molar-refractivity contribution is 7.16. The van der Waals surface area contributed by atoms with E-state index in [1.807, 2.05) is 30.3 Å². The van der Waals surface area contributed by atoms with E-state index >= 15 is 0 Å². The lowest BCUT2D eigenvalue weighted by atomic mass is 10.2. The molecule has 0 saturated carbocycles. The van der Waals surface area contributed by atoms with Crippen LogP contribution in [0.2, 0.25) is 0 Å². The monoisotopic (exact) mass is 369 g/mol. The molecule has 0 saturated heterocycles. The Kier molecular flexibility index (Phi) is 6.87. The molecule has 7 heteroatoms. The molecule has 1 amide bonds. The molecule has 0 spiro atoms. The van der Waals surface area contributed by atoms with Gasteiger partial charge < -0.3 is 20.8 Å². The third-order valence-corrected chi connectivity index (χ3v) is 4.56. The minimum atomic E-state index is -0.554. The van der Waals surface area contributed by atoms with E-state index in [1.165, 1.54) is 13.3 Å². The van der Waals surface area contributed by atoms with Crippen molar-refractivity contribution in [1.82, 2.24) is 5.32 Å². The highest BCUT2D eigenvalue weighted by atomic mass is 32.1. The number of ether oxygens (including phenoxy) is 1. The standard InChI is InChI=1S/C19H19N3O3S/c1-3-17(23)22-15-9-16(26-18(15)19(24)25-2)14(10-20)12-21-11-13-7-5-4-6-8-13/h3-10,12,20-21H,1,11H2,2H3,(H,22,23)/b14-12+,20-10?. The number of benzene rings is 1. The number of thiophene rings is 1. The van der Waals surface area contributed by atoms with Crippen LogP contribution in [0.25, 0.3) is 5.57 Å². The smallest absolute Gasteiger partial charge is 0.350 e. The number of rotatable bonds is 8. The molecule has 0 aliphatic heterocycles. The van der Waals surface area contributed by atoms with Gasteiger partial charge in [-0.25, -0.2) is 4.79 Å². The van der Waals surface area contributed by atoms with Crippen LogP contribution in [0, 0.1) is 5.41 Å². The topological polar surface area (TPSA) is 91.3 Å². The molecule has 1 aromatic carbocycles. The van der Waals surface area contributed by atoms with Crippen molar-refractivity contribution < 1.29 is 14.3 Å². The van der Waals surface area contributed by atoms with Crippen molar-refractivity contribution in [3.63, 3.8) is 0 Å². The first-order chi connectivity index (χ1) is 12.6. The van der Waals surface area contributed by atoms with Gasteiger partial charge in [-0.15, -0.1) is 11.3 Å². The average molecular weight is 369 g/mol. The zero-order chi connectivity index (χ0) is 18.9. The van der Waals surface area contributed by atoms with Crippen molar-refractivity contribution in [3.8, 4) is 0 Å². The molecule has 0 aliphatic carbocycles. The number of esters is 1. The second-order valence-electron chi connectivity index (χ2n) is 5.15. The lowest BCUT2D eigenvalue weighted by Gasteiger charge is -2.03. The van der Waals surface area contributed by atoms with Crippen LogP contribution in [0.1, 0.15) is 20.1 Å². The maximum Gasteiger partial charge on any atom is 0.350 e. The molecule has 0 fully saturated rings. The van der Waals surface area contributed by atoms with Crippen LogP contribution in [-0.2, 0) is 16.1 Å². The molecule has 26 heavy (non-hydrogen) atoms. The first-order valence-corrected chi connectivity index (χ1v) is 8.54. The van der Waals surface area contributed by atoms with Gasteiger partial charge >= 0.3 is 5.97 Å². The summed E-state index contributed by atoms with van der Waals surface area (Å²) in [5.41, 5.74) is 2.01. The Hall–Kier alpha value is -3.19. The van der Waals surface area contributed by atoms with E-state index in [2.05, 4.69) is 17.2 Å². The van der Waals surface area contributed by atoms with Gasteiger partial charge in [0.05, 0.1) is 12.8 Å². The molecule has 0 unspecified atom stereocenters. The molecule has 0 radical (unpaired) electrons. The van der Waals surface area contributed by atoms with Crippen LogP contribution in [0.5, 0.6) is 0 Å². The van der Waals surface area contributed by atoms with E-state index in [0.717, 1.165) is 23.0 Å². The zero-order valence-electron chi connectivity index (χ0n) is 14.2. The molecule has 1 aromatic heterocycles. The molecule has 2 rings (SSSR count). The van der Waals surface area contributed by atoms with Gasteiger partial charge in [0.1, 0.15) is 4.88 Å². The van der Waals surface area contributed by atoms with Crippen LogP contribution in [0.4, 0.5) is 5.69 Å². The minimum Gasteiger partial charge on any atom is -0.465 e. The summed E-state index contributed by atoms with van der Waals surface area (Å²) in [7, 11) is 1.27. The van der Waals surface area contributed by atoms with Gasteiger partial charge in [-0.3, -0.25) is 4.79 Å². The van der Waals surface area contributed by atoms with Gasteiger partial charge in [0.25, 0.3) is 0 Å². The molecule has 1 heterocycles. The highest BCUT2D eigenvalue weighted by Crippen LogP contribution is 2.32. The number of methoxy groups -OCH3 is 1. The summed E-state index contributed by atoms with van der Waals surface area (Å²) < 4.78 is 4.76. The quantitative estimate of drug-likeness (QED) is 0.378. The maximum atomic E-state index is 11.9. The number of hydrogen-bond donors (Lipinski definition) is 3. The Morgan fingerprint density at radius 2 is 2.04 bits per heavy atom. The van der Waals surface area contributed by atoms with E-state index in [1.54, 1.807) is 12.3 Å². The summed E-state index contributed by atoms with van der Waals surface area (Å²) in [6, 6.07) is 11.5. The number of anilines is 1. The maximum absolute atomic E-state index is 11.9. The molecular weight excluding hydrogens is 350 g/mol. The highest BCUT2D eigenvalue weighted by Gasteiger charge is 2.19. The predicted octanol–water partition coefficient (Wildman–Crippen LogP) is 3.44. The van der Waals surface area contributed by atoms with E-state index in [0.29, 0.717) is 22.7 Å². The molecule has 3 N–H and O–H groups in total. The van der Waals surface area contributed by atoms with Gasteiger partial charge in [0.2, 0.25) is 5.91 Å².